The molecule has 2 aromatic carbocycles. The number of hydrogen-bond donors (Lipinski definition) is 1. The summed E-state index contributed by atoms with van der Waals surface area (Å²) in [5.41, 5.74) is 1.77. The first-order valence-corrected chi connectivity index (χ1v) is 11.7. The lowest BCUT2D eigenvalue weighted by Gasteiger charge is -2.21. The molecule has 0 fully saturated rings. The summed E-state index contributed by atoms with van der Waals surface area (Å²) in [6.07, 6.45) is 0. The molecule has 4 aromatic rings. The van der Waals surface area contributed by atoms with Gasteiger partial charge in [-0.3, -0.25) is 9.59 Å². The third kappa shape index (κ3) is 5.18. The lowest BCUT2D eigenvalue weighted by molar-refractivity contribution is 0.0679. The third-order valence-electron chi connectivity index (χ3n) is 5.48. The number of aromatic amines is 1. The van der Waals surface area contributed by atoms with Crippen LogP contribution in [0, 0.1) is 6.92 Å². The largest absolute Gasteiger partial charge is 0.493 e. The Morgan fingerprint density at radius 3 is 2.57 bits per heavy atom. The monoisotopic (exact) mass is 494 g/mol. The topological polar surface area (TPSA) is 107 Å². The minimum Gasteiger partial charge on any atom is -0.493 e. The summed E-state index contributed by atoms with van der Waals surface area (Å²) in [4.78, 5) is 40.1. The van der Waals surface area contributed by atoms with Gasteiger partial charge in [-0.2, -0.15) is 0 Å². The second-order valence-corrected chi connectivity index (χ2v) is 8.75. The van der Waals surface area contributed by atoms with Crippen LogP contribution in [0.5, 0.6) is 11.5 Å². The van der Waals surface area contributed by atoms with E-state index < -0.39 is 0 Å². The fraction of sp³-hybridized carbons (Fsp3) is 0.280. The second-order valence-electron chi connectivity index (χ2n) is 7.75. The normalized spacial score (nSPS) is 11.0. The molecule has 1 amide bonds. The molecule has 1 N–H and O–H groups in total. The Balaban J connectivity index is 1.65. The number of H-pyrrole nitrogens is 1. The molecule has 0 radical (unpaired) electrons. The quantitative estimate of drug-likeness (QED) is 0.378. The number of methoxy groups -OCH3 is 3. The number of nitrogens with one attached hydrogen (secondary N) is 1. The highest BCUT2D eigenvalue weighted by atomic mass is 32.1. The van der Waals surface area contributed by atoms with Gasteiger partial charge in [0.05, 0.1) is 44.0 Å². The van der Waals surface area contributed by atoms with Crippen molar-refractivity contribution in [1.29, 1.82) is 0 Å². The standard InChI is InChI=1S/C25H26N4O5S/c1-15-22(35-24(26-15)16-9-10-19(33-3)20(13-16)34-4)25(31)29(11-12-32-2)14-21-27-18-8-6-5-7-17(18)23(30)28-21/h5-10,13H,11-12,14H2,1-4H3,(H,27,28,30). The van der Waals surface area contributed by atoms with E-state index in [1.807, 2.05) is 18.2 Å². The van der Waals surface area contributed by atoms with E-state index in [0.717, 1.165) is 5.56 Å². The number of aryl methyl sites for hydroxylation is 1. The summed E-state index contributed by atoms with van der Waals surface area (Å²) >= 11 is 1.30. The summed E-state index contributed by atoms with van der Waals surface area (Å²) in [5.74, 6) is 1.39. The average molecular weight is 495 g/mol. The van der Waals surface area contributed by atoms with Gasteiger partial charge >= 0.3 is 0 Å². The van der Waals surface area contributed by atoms with Crippen LogP contribution in [0.1, 0.15) is 21.2 Å². The van der Waals surface area contributed by atoms with Gasteiger partial charge in [0.2, 0.25) is 0 Å². The minimum absolute atomic E-state index is 0.130. The van der Waals surface area contributed by atoms with E-state index in [0.29, 0.717) is 57.0 Å². The van der Waals surface area contributed by atoms with Crippen molar-refractivity contribution in [2.45, 2.75) is 13.5 Å². The molecule has 10 heteroatoms. The summed E-state index contributed by atoms with van der Waals surface area (Å²) in [6.45, 7) is 2.60. The molecule has 0 atom stereocenters. The number of nitrogens with zero attached hydrogens (tertiary/aromatic N) is 3. The van der Waals surface area contributed by atoms with E-state index in [9.17, 15) is 9.59 Å². The molecule has 2 heterocycles. The average Bonchev–Trinajstić information content (AvgIpc) is 3.27. The number of rotatable bonds is 9. The van der Waals surface area contributed by atoms with Gasteiger partial charge in [0.25, 0.3) is 11.5 Å². The molecular weight excluding hydrogens is 468 g/mol. The number of ether oxygens (including phenoxy) is 3. The number of para-hydroxylation sites is 1. The zero-order valence-electron chi connectivity index (χ0n) is 20.0. The van der Waals surface area contributed by atoms with E-state index in [-0.39, 0.29) is 18.0 Å². The van der Waals surface area contributed by atoms with Crippen molar-refractivity contribution in [2.75, 3.05) is 34.5 Å². The minimum atomic E-state index is -0.241. The Bertz CT molecular complexity index is 1410. The van der Waals surface area contributed by atoms with Crippen molar-refractivity contribution in [1.82, 2.24) is 19.9 Å². The smallest absolute Gasteiger partial charge is 0.266 e. The maximum absolute atomic E-state index is 13.6. The van der Waals surface area contributed by atoms with Gasteiger partial charge in [0.15, 0.2) is 11.5 Å². The number of carbonyl (C=O) groups excluding carboxylic acids is 1. The SMILES string of the molecule is COCCN(Cc1nc2ccccc2c(=O)[nH]1)C(=O)c1sc(-c2ccc(OC)c(OC)c2)nc1C. The zero-order valence-corrected chi connectivity index (χ0v) is 20.8. The van der Waals surface area contributed by atoms with Crippen LogP contribution in [0.2, 0.25) is 0 Å². The molecule has 0 saturated heterocycles. The molecule has 182 valence electrons. The van der Waals surface area contributed by atoms with Gasteiger partial charge in [-0.1, -0.05) is 12.1 Å². The second kappa shape index (κ2) is 10.7. The zero-order chi connectivity index (χ0) is 24.9. The van der Waals surface area contributed by atoms with Gasteiger partial charge in [0, 0.05) is 19.2 Å². The first-order chi connectivity index (χ1) is 16.9. The number of thiazole rings is 1. The maximum atomic E-state index is 13.6. The molecule has 0 bridgehead atoms. The number of fused-ring (bicyclic) bond motifs is 1. The van der Waals surface area contributed by atoms with Crippen LogP contribution in [0.4, 0.5) is 0 Å². The fourth-order valence-corrected chi connectivity index (χ4v) is 4.71. The number of benzene rings is 2. The van der Waals surface area contributed by atoms with Crippen molar-refractivity contribution in [3.8, 4) is 22.1 Å². The lowest BCUT2D eigenvalue weighted by atomic mass is 10.2. The van der Waals surface area contributed by atoms with Gasteiger partial charge in [-0.05, 0) is 37.3 Å². The molecule has 4 rings (SSSR count). The van der Waals surface area contributed by atoms with Crippen LogP contribution in [0.15, 0.2) is 47.3 Å². The van der Waals surface area contributed by atoms with Crippen LogP contribution in [0.25, 0.3) is 21.5 Å². The summed E-state index contributed by atoms with van der Waals surface area (Å²) < 4.78 is 15.9. The van der Waals surface area contributed by atoms with Crippen molar-refractivity contribution in [3.05, 3.63) is 69.2 Å². The molecular formula is C25H26N4O5S. The summed E-state index contributed by atoms with van der Waals surface area (Å²) in [5, 5.41) is 1.19. The van der Waals surface area contributed by atoms with Gasteiger partial charge in [-0.15, -0.1) is 11.3 Å². The van der Waals surface area contributed by atoms with E-state index >= 15 is 0 Å². The number of carbonyl (C=O) groups is 1. The molecule has 0 saturated carbocycles. The number of hydrogen-bond acceptors (Lipinski definition) is 8. The molecule has 2 aromatic heterocycles. The molecule has 0 aliphatic rings. The maximum Gasteiger partial charge on any atom is 0.266 e. The molecule has 35 heavy (non-hydrogen) atoms. The van der Waals surface area contributed by atoms with Crippen molar-refractivity contribution < 1.29 is 19.0 Å². The van der Waals surface area contributed by atoms with Crippen molar-refractivity contribution in [3.63, 3.8) is 0 Å². The molecule has 0 aliphatic heterocycles. The van der Waals surface area contributed by atoms with Crippen LogP contribution in [-0.4, -0.2) is 60.2 Å². The Labute approximate surface area is 206 Å². The highest BCUT2D eigenvalue weighted by Gasteiger charge is 2.23. The summed E-state index contributed by atoms with van der Waals surface area (Å²) in [7, 11) is 4.72. The Kier molecular flexibility index (Phi) is 7.42. The number of aromatic nitrogens is 3. The van der Waals surface area contributed by atoms with Crippen LogP contribution < -0.4 is 15.0 Å². The first-order valence-electron chi connectivity index (χ1n) is 10.9. The molecule has 0 aliphatic carbocycles. The van der Waals surface area contributed by atoms with Crippen LogP contribution in [0.3, 0.4) is 0 Å². The van der Waals surface area contributed by atoms with Crippen LogP contribution >= 0.6 is 11.3 Å². The Morgan fingerprint density at radius 1 is 1.06 bits per heavy atom. The third-order valence-corrected chi connectivity index (χ3v) is 6.67. The van der Waals surface area contributed by atoms with Crippen LogP contribution in [-0.2, 0) is 11.3 Å². The van der Waals surface area contributed by atoms with E-state index in [2.05, 4.69) is 15.0 Å². The lowest BCUT2D eigenvalue weighted by Crippen LogP contribution is -2.34. The molecule has 0 spiro atoms. The predicted octanol–water partition coefficient (Wildman–Crippen LogP) is 3.66. The summed E-state index contributed by atoms with van der Waals surface area (Å²) in [6, 6.07) is 12.6. The predicted molar refractivity (Wildman–Crippen MR) is 134 cm³/mol. The van der Waals surface area contributed by atoms with E-state index in [4.69, 9.17) is 14.2 Å². The van der Waals surface area contributed by atoms with Crippen molar-refractivity contribution >= 4 is 28.1 Å². The van der Waals surface area contributed by atoms with Gasteiger partial charge in [0.1, 0.15) is 15.7 Å². The van der Waals surface area contributed by atoms with Gasteiger partial charge in [-0.25, -0.2) is 9.97 Å². The van der Waals surface area contributed by atoms with E-state index in [1.165, 1.54) is 11.3 Å². The molecule has 9 nitrogen and oxygen atoms in total. The highest BCUT2D eigenvalue weighted by molar-refractivity contribution is 7.17. The Morgan fingerprint density at radius 2 is 1.83 bits per heavy atom. The number of amides is 1. The molecule has 0 unspecified atom stereocenters. The Hall–Kier alpha value is -3.76. The van der Waals surface area contributed by atoms with Crippen molar-refractivity contribution in [2.24, 2.45) is 0 Å². The highest BCUT2D eigenvalue weighted by Crippen LogP contribution is 2.35. The first kappa shape index (κ1) is 24.4. The van der Waals surface area contributed by atoms with Gasteiger partial charge < -0.3 is 24.1 Å². The fourth-order valence-electron chi connectivity index (χ4n) is 3.68. The van der Waals surface area contributed by atoms with E-state index in [1.54, 1.807) is 57.4 Å².